The van der Waals surface area contributed by atoms with Gasteiger partial charge >= 0.3 is 5.97 Å². The molecule has 0 spiro atoms. The molecule has 0 amide bonds. The van der Waals surface area contributed by atoms with E-state index < -0.39 is 17.8 Å². The van der Waals surface area contributed by atoms with Gasteiger partial charge in [-0.1, -0.05) is 0 Å². The molecular weight excluding hydrogens is 253 g/mol. The molecule has 0 aromatic heterocycles. The molecule has 1 aromatic rings. The summed E-state index contributed by atoms with van der Waals surface area (Å²) in [4.78, 5) is 11.8. The van der Waals surface area contributed by atoms with Crippen molar-refractivity contribution in [2.45, 2.75) is 13.0 Å². The van der Waals surface area contributed by atoms with Crippen LogP contribution in [0.5, 0.6) is 5.75 Å². The first kappa shape index (κ1) is 15.4. The molecule has 0 radical (unpaired) electrons. The smallest absolute Gasteiger partial charge is 0.327 e. The third-order valence-corrected chi connectivity index (χ3v) is 2.43. The van der Waals surface area contributed by atoms with Gasteiger partial charge in [0, 0.05) is 12.7 Å². The molecule has 106 valence electrons. The lowest BCUT2D eigenvalue weighted by Crippen LogP contribution is -2.28. The Bertz CT molecular complexity index is 425. The summed E-state index contributed by atoms with van der Waals surface area (Å²) in [6.45, 7) is 1.97. The van der Waals surface area contributed by atoms with Crippen LogP contribution in [0.25, 0.3) is 0 Å². The summed E-state index contributed by atoms with van der Waals surface area (Å²) in [7, 11) is 3.07. The number of ether oxygens (including phenoxy) is 3. The van der Waals surface area contributed by atoms with E-state index in [1.807, 2.05) is 0 Å². The van der Waals surface area contributed by atoms with Crippen molar-refractivity contribution in [1.82, 2.24) is 5.32 Å². The highest BCUT2D eigenvalue weighted by Gasteiger charge is 2.24. The number of methoxy groups -OCH3 is 1. The Kier molecular flexibility index (Phi) is 6.24. The topological polar surface area (TPSA) is 56.8 Å². The summed E-state index contributed by atoms with van der Waals surface area (Å²) in [6, 6.07) is 3.16. The summed E-state index contributed by atoms with van der Waals surface area (Å²) in [5, 5.41) is 2.78. The number of nitrogens with one attached hydrogen (secondary N) is 1. The summed E-state index contributed by atoms with van der Waals surface area (Å²) in [5.74, 6) is -0.571. The molecule has 1 N–H and O–H groups in total. The Morgan fingerprint density at radius 2 is 2.21 bits per heavy atom. The summed E-state index contributed by atoms with van der Waals surface area (Å²) < 4.78 is 28.4. The number of halogens is 1. The number of likely N-dealkylation sites (N-methyl/N-ethyl adjacent to an activating group) is 1. The van der Waals surface area contributed by atoms with E-state index in [9.17, 15) is 9.18 Å². The van der Waals surface area contributed by atoms with Crippen LogP contribution in [0.15, 0.2) is 18.2 Å². The minimum atomic E-state index is -0.789. The van der Waals surface area contributed by atoms with Gasteiger partial charge in [0.15, 0.2) is 6.79 Å². The lowest BCUT2D eigenvalue weighted by atomic mass is 10.1. The van der Waals surface area contributed by atoms with Crippen molar-refractivity contribution < 1.29 is 23.4 Å². The van der Waals surface area contributed by atoms with Crippen LogP contribution in [-0.4, -0.2) is 33.5 Å². The average molecular weight is 271 g/mol. The largest absolute Gasteiger partial charge is 0.467 e. The molecule has 0 aliphatic rings. The van der Waals surface area contributed by atoms with Gasteiger partial charge < -0.3 is 19.5 Å². The Balaban J connectivity index is 3.05. The number of hydrogen-bond acceptors (Lipinski definition) is 5. The standard InChI is InChI=1S/C13H18FNO4/c1-4-18-13(16)12(15-2)10-7-9(14)5-6-11(10)19-8-17-3/h5-7,12,15H,4,8H2,1-3H3. The summed E-state index contributed by atoms with van der Waals surface area (Å²) in [6.07, 6.45) is 0. The zero-order valence-electron chi connectivity index (χ0n) is 11.2. The van der Waals surface area contributed by atoms with Crippen molar-refractivity contribution in [3.63, 3.8) is 0 Å². The third-order valence-electron chi connectivity index (χ3n) is 2.43. The number of carbonyl (C=O) groups is 1. The van der Waals surface area contributed by atoms with Gasteiger partial charge in [-0.05, 0) is 32.2 Å². The first-order valence-electron chi connectivity index (χ1n) is 5.89. The highest BCUT2D eigenvalue weighted by atomic mass is 19.1. The van der Waals surface area contributed by atoms with Crippen molar-refractivity contribution in [2.24, 2.45) is 0 Å². The molecule has 1 rings (SSSR count). The molecule has 1 unspecified atom stereocenters. The van der Waals surface area contributed by atoms with Crippen molar-refractivity contribution >= 4 is 5.97 Å². The summed E-state index contributed by atoms with van der Waals surface area (Å²) >= 11 is 0. The Hall–Kier alpha value is -1.66. The van der Waals surface area contributed by atoms with Crippen LogP contribution in [0.3, 0.4) is 0 Å². The molecule has 1 aromatic carbocycles. The van der Waals surface area contributed by atoms with Gasteiger partial charge in [-0.2, -0.15) is 0 Å². The molecule has 0 saturated carbocycles. The van der Waals surface area contributed by atoms with Crippen LogP contribution in [0.2, 0.25) is 0 Å². The monoisotopic (exact) mass is 271 g/mol. The number of carbonyl (C=O) groups excluding carboxylic acids is 1. The number of hydrogen-bond donors (Lipinski definition) is 1. The fraction of sp³-hybridized carbons (Fsp3) is 0.462. The van der Waals surface area contributed by atoms with Crippen molar-refractivity contribution in [3.8, 4) is 5.75 Å². The number of rotatable bonds is 7. The molecule has 0 bridgehead atoms. The predicted octanol–water partition coefficient (Wildman–Crippen LogP) is 1.63. The minimum absolute atomic E-state index is 0.0118. The fourth-order valence-corrected chi connectivity index (χ4v) is 1.62. The zero-order chi connectivity index (χ0) is 14.3. The van der Waals surface area contributed by atoms with Crippen molar-refractivity contribution in [3.05, 3.63) is 29.6 Å². The molecule has 1 atom stereocenters. The Morgan fingerprint density at radius 1 is 1.47 bits per heavy atom. The first-order chi connectivity index (χ1) is 9.13. The van der Waals surface area contributed by atoms with E-state index in [2.05, 4.69) is 5.32 Å². The molecule has 6 heteroatoms. The minimum Gasteiger partial charge on any atom is -0.467 e. The molecule has 19 heavy (non-hydrogen) atoms. The predicted molar refractivity (Wildman–Crippen MR) is 67.3 cm³/mol. The van der Waals surface area contributed by atoms with Crippen LogP contribution < -0.4 is 10.1 Å². The first-order valence-corrected chi connectivity index (χ1v) is 5.89. The van der Waals surface area contributed by atoms with Gasteiger partial charge in [-0.25, -0.2) is 9.18 Å². The van der Waals surface area contributed by atoms with Crippen molar-refractivity contribution in [2.75, 3.05) is 27.6 Å². The molecular formula is C13H18FNO4. The summed E-state index contributed by atoms with van der Waals surface area (Å²) in [5.41, 5.74) is 0.373. The van der Waals surface area contributed by atoms with Gasteiger partial charge in [0.05, 0.1) is 6.61 Å². The van der Waals surface area contributed by atoms with Crippen LogP contribution >= 0.6 is 0 Å². The quantitative estimate of drug-likeness (QED) is 0.603. The van der Waals surface area contributed by atoms with Gasteiger partial charge in [-0.3, -0.25) is 0 Å². The normalized spacial score (nSPS) is 12.0. The third kappa shape index (κ3) is 4.18. The second kappa shape index (κ2) is 7.70. The zero-order valence-corrected chi connectivity index (χ0v) is 11.2. The average Bonchev–Trinajstić information content (AvgIpc) is 2.39. The van der Waals surface area contributed by atoms with Crippen LogP contribution in [0.1, 0.15) is 18.5 Å². The van der Waals surface area contributed by atoms with E-state index >= 15 is 0 Å². The highest BCUT2D eigenvalue weighted by Crippen LogP contribution is 2.27. The Morgan fingerprint density at radius 3 is 2.79 bits per heavy atom. The molecule has 0 aliphatic heterocycles. The number of benzene rings is 1. The second-order valence-electron chi connectivity index (χ2n) is 3.71. The van der Waals surface area contributed by atoms with Crippen LogP contribution in [-0.2, 0) is 14.3 Å². The molecule has 5 nitrogen and oxygen atoms in total. The van der Waals surface area contributed by atoms with Gasteiger partial charge in [0.25, 0.3) is 0 Å². The van der Waals surface area contributed by atoms with E-state index in [1.54, 1.807) is 14.0 Å². The van der Waals surface area contributed by atoms with Crippen molar-refractivity contribution in [1.29, 1.82) is 0 Å². The second-order valence-corrected chi connectivity index (χ2v) is 3.71. The van der Waals surface area contributed by atoms with Gasteiger partial charge in [0.2, 0.25) is 0 Å². The SMILES string of the molecule is CCOC(=O)C(NC)c1cc(F)ccc1OCOC. The molecule has 0 saturated heterocycles. The van der Waals surface area contributed by atoms with Gasteiger partial charge in [-0.15, -0.1) is 0 Å². The maximum Gasteiger partial charge on any atom is 0.327 e. The van der Waals surface area contributed by atoms with E-state index in [0.29, 0.717) is 11.3 Å². The van der Waals surface area contributed by atoms with Gasteiger partial charge in [0.1, 0.15) is 17.6 Å². The lowest BCUT2D eigenvalue weighted by molar-refractivity contribution is -0.145. The lowest BCUT2D eigenvalue weighted by Gasteiger charge is -2.18. The van der Waals surface area contributed by atoms with E-state index in [1.165, 1.54) is 25.3 Å². The fourth-order valence-electron chi connectivity index (χ4n) is 1.62. The molecule has 0 fully saturated rings. The van der Waals surface area contributed by atoms with Crippen LogP contribution in [0, 0.1) is 5.82 Å². The van der Waals surface area contributed by atoms with E-state index in [0.717, 1.165) is 0 Å². The highest BCUT2D eigenvalue weighted by molar-refractivity contribution is 5.78. The van der Waals surface area contributed by atoms with E-state index in [-0.39, 0.29) is 13.4 Å². The van der Waals surface area contributed by atoms with E-state index in [4.69, 9.17) is 14.2 Å². The molecule has 0 aliphatic carbocycles. The number of esters is 1. The maximum atomic E-state index is 13.3. The molecule has 0 heterocycles. The van der Waals surface area contributed by atoms with Crippen LogP contribution in [0.4, 0.5) is 4.39 Å². The maximum absolute atomic E-state index is 13.3. The Labute approximate surface area is 111 Å².